The standard InChI is InChI=1S/C13H14FNO4/c1-13(6-11(16)17)8-15(12(18)19-13)7-9-4-2-3-5-10(9)14/h2-5H,6-8H2,1H3,(H,16,17). The minimum atomic E-state index is -1.06. The second kappa shape index (κ2) is 4.87. The molecule has 0 saturated carbocycles. The van der Waals surface area contributed by atoms with Crippen molar-refractivity contribution in [1.29, 1.82) is 0 Å². The van der Waals surface area contributed by atoms with Gasteiger partial charge in [0, 0.05) is 5.56 Å². The van der Waals surface area contributed by atoms with E-state index < -0.39 is 23.5 Å². The number of halogens is 1. The number of aliphatic carboxylic acids is 1. The highest BCUT2D eigenvalue weighted by Gasteiger charge is 2.43. The summed E-state index contributed by atoms with van der Waals surface area (Å²) in [7, 11) is 0. The lowest BCUT2D eigenvalue weighted by atomic mass is 10.0. The topological polar surface area (TPSA) is 66.8 Å². The molecule has 1 aliphatic heterocycles. The van der Waals surface area contributed by atoms with E-state index in [1.807, 2.05) is 0 Å². The first kappa shape index (κ1) is 13.3. The van der Waals surface area contributed by atoms with E-state index in [2.05, 4.69) is 0 Å². The largest absolute Gasteiger partial charge is 0.481 e. The lowest BCUT2D eigenvalue weighted by molar-refractivity contribution is -0.140. The number of rotatable bonds is 4. The van der Waals surface area contributed by atoms with Crippen molar-refractivity contribution in [3.05, 3.63) is 35.6 Å². The van der Waals surface area contributed by atoms with Gasteiger partial charge in [-0.15, -0.1) is 0 Å². The summed E-state index contributed by atoms with van der Waals surface area (Å²) in [6.07, 6.45) is -0.890. The Labute approximate surface area is 109 Å². The smallest absolute Gasteiger partial charge is 0.410 e. The molecule has 2 rings (SSSR count). The number of hydrogen-bond donors (Lipinski definition) is 1. The molecular weight excluding hydrogens is 253 g/mol. The molecule has 1 fully saturated rings. The zero-order chi connectivity index (χ0) is 14.0. The fraction of sp³-hybridized carbons (Fsp3) is 0.385. The van der Waals surface area contributed by atoms with E-state index in [1.165, 1.54) is 11.0 Å². The van der Waals surface area contributed by atoms with Gasteiger partial charge < -0.3 is 9.84 Å². The number of carboxylic acid groups (broad SMARTS) is 1. The normalized spacial score (nSPS) is 22.4. The minimum absolute atomic E-state index is 0.0702. The maximum atomic E-state index is 13.5. The molecule has 0 radical (unpaired) electrons. The molecule has 5 nitrogen and oxygen atoms in total. The second-order valence-electron chi connectivity index (χ2n) is 4.84. The molecule has 1 unspecified atom stereocenters. The van der Waals surface area contributed by atoms with Crippen molar-refractivity contribution in [3.63, 3.8) is 0 Å². The molecular formula is C13H14FNO4. The number of carbonyl (C=O) groups excluding carboxylic acids is 1. The van der Waals surface area contributed by atoms with Crippen LogP contribution in [0.25, 0.3) is 0 Å². The first-order valence-electron chi connectivity index (χ1n) is 5.83. The number of ether oxygens (including phenoxy) is 1. The monoisotopic (exact) mass is 267 g/mol. The van der Waals surface area contributed by atoms with E-state index in [4.69, 9.17) is 9.84 Å². The maximum Gasteiger partial charge on any atom is 0.410 e. The van der Waals surface area contributed by atoms with Gasteiger partial charge in [-0.05, 0) is 13.0 Å². The SMILES string of the molecule is CC1(CC(=O)O)CN(Cc2ccccc2F)C(=O)O1. The van der Waals surface area contributed by atoms with Crippen molar-refractivity contribution in [2.45, 2.75) is 25.5 Å². The number of amides is 1. The molecule has 102 valence electrons. The Morgan fingerprint density at radius 1 is 1.53 bits per heavy atom. The number of benzene rings is 1. The van der Waals surface area contributed by atoms with Gasteiger partial charge in [-0.25, -0.2) is 9.18 Å². The number of carbonyl (C=O) groups is 2. The number of carboxylic acids is 1. The van der Waals surface area contributed by atoms with E-state index in [0.717, 1.165) is 0 Å². The van der Waals surface area contributed by atoms with Crippen LogP contribution in [-0.2, 0) is 16.1 Å². The fourth-order valence-electron chi connectivity index (χ4n) is 2.14. The van der Waals surface area contributed by atoms with Crippen LogP contribution in [0.1, 0.15) is 18.9 Å². The van der Waals surface area contributed by atoms with E-state index in [0.29, 0.717) is 5.56 Å². The van der Waals surface area contributed by atoms with Crippen LogP contribution in [0.3, 0.4) is 0 Å². The molecule has 0 bridgehead atoms. The summed E-state index contributed by atoms with van der Waals surface area (Å²) >= 11 is 0. The summed E-state index contributed by atoms with van der Waals surface area (Å²) < 4.78 is 18.6. The Bertz CT molecular complexity index is 519. The van der Waals surface area contributed by atoms with Crippen LogP contribution in [-0.4, -0.2) is 34.2 Å². The highest BCUT2D eigenvalue weighted by molar-refractivity contribution is 5.74. The third-order valence-corrected chi connectivity index (χ3v) is 2.96. The predicted octanol–water partition coefficient (Wildman–Crippen LogP) is 2.01. The second-order valence-corrected chi connectivity index (χ2v) is 4.84. The highest BCUT2D eigenvalue weighted by atomic mass is 19.1. The quantitative estimate of drug-likeness (QED) is 0.906. The van der Waals surface area contributed by atoms with Gasteiger partial charge in [0.25, 0.3) is 0 Å². The van der Waals surface area contributed by atoms with Crippen LogP contribution in [0.4, 0.5) is 9.18 Å². The molecule has 1 heterocycles. The van der Waals surface area contributed by atoms with Crippen molar-refractivity contribution in [2.75, 3.05) is 6.54 Å². The van der Waals surface area contributed by atoms with Crippen LogP contribution in [0.5, 0.6) is 0 Å². The molecule has 1 aromatic carbocycles. The summed E-state index contributed by atoms with van der Waals surface area (Å²) in [6.45, 7) is 1.76. The Balaban J connectivity index is 2.09. The van der Waals surface area contributed by atoms with Gasteiger partial charge >= 0.3 is 12.1 Å². The molecule has 0 aliphatic carbocycles. The van der Waals surface area contributed by atoms with Crippen molar-refractivity contribution in [1.82, 2.24) is 4.90 Å². The van der Waals surface area contributed by atoms with Crippen LogP contribution < -0.4 is 0 Å². The molecule has 1 atom stereocenters. The molecule has 1 aliphatic rings. The van der Waals surface area contributed by atoms with Gasteiger partial charge in [0.15, 0.2) is 0 Å². The molecule has 1 aromatic rings. The lowest BCUT2D eigenvalue weighted by Crippen LogP contribution is -2.33. The average molecular weight is 267 g/mol. The zero-order valence-electron chi connectivity index (χ0n) is 10.4. The van der Waals surface area contributed by atoms with Gasteiger partial charge in [0.1, 0.15) is 11.4 Å². The first-order chi connectivity index (χ1) is 8.89. The van der Waals surface area contributed by atoms with E-state index >= 15 is 0 Å². The molecule has 0 spiro atoms. The number of nitrogens with zero attached hydrogens (tertiary/aromatic N) is 1. The Morgan fingerprint density at radius 2 is 2.21 bits per heavy atom. The number of cyclic esters (lactones) is 1. The fourth-order valence-corrected chi connectivity index (χ4v) is 2.14. The summed E-state index contributed by atoms with van der Waals surface area (Å²) in [6, 6.07) is 6.13. The molecule has 1 saturated heterocycles. The predicted molar refractivity (Wildman–Crippen MR) is 63.9 cm³/mol. The van der Waals surface area contributed by atoms with Crippen molar-refractivity contribution >= 4 is 12.1 Å². The van der Waals surface area contributed by atoms with Crippen LogP contribution in [0, 0.1) is 5.82 Å². The van der Waals surface area contributed by atoms with Crippen LogP contribution in [0.2, 0.25) is 0 Å². The van der Waals surface area contributed by atoms with Crippen LogP contribution in [0.15, 0.2) is 24.3 Å². The van der Waals surface area contributed by atoms with Crippen molar-refractivity contribution < 1.29 is 23.8 Å². The lowest BCUT2D eigenvalue weighted by Gasteiger charge is -2.19. The van der Waals surface area contributed by atoms with Gasteiger partial charge in [-0.3, -0.25) is 9.69 Å². The van der Waals surface area contributed by atoms with Crippen molar-refractivity contribution in [2.24, 2.45) is 0 Å². The van der Waals surface area contributed by atoms with Crippen LogP contribution >= 0.6 is 0 Å². The van der Waals surface area contributed by atoms with E-state index in [1.54, 1.807) is 25.1 Å². The summed E-state index contributed by atoms with van der Waals surface area (Å²) in [5.41, 5.74) is -0.687. The highest BCUT2D eigenvalue weighted by Crippen LogP contribution is 2.27. The molecule has 1 amide bonds. The average Bonchev–Trinajstić information content (AvgIpc) is 2.55. The van der Waals surface area contributed by atoms with E-state index in [-0.39, 0.29) is 19.5 Å². The summed E-state index contributed by atoms with van der Waals surface area (Å²) in [4.78, 5) is 23.7. The molecule has 19 heavy (non-hydrogen) atoms. The molecule has 0 aromatic heterocycles. The van der Waals surface area contributed by atoms with Gasteiger partial charge in [-0.2, -0.15) is 0 Å². The maximum absolute atomic E-state index is 13.5. The minimum Gasteiger partial charge on any atom is -0.481 e. The van der Waals surface area contributed by atoms with Gasteiger partial charge in [-0.1, -0.05) is 18.2 Å². The van der Waals surface area contributed by atoms with E-state index in [9.17, 15) is 14.0 Å². The Kier molecular flexibility index (Phi) is 3.42. The van der Waals surface area contributed by atoms with Gasteiger partial charge in [0.05, 0.1) is 19.5 Å². The molecule has 1 N–H and O–H groups in total. The zero-order valence-corrected chi connectivity index (χ0v) is 10.4. The Hall–Kier alpha value is -2.11. The third kappa shape index (κ3) is 3.01. The summed E-state index contributed by atoms with van der Waals surface area (Å²) in [5, 5.41) is 8.78. The van der Waals surface area contributed by atoms with Gasteiger partial charge in [0.2, 0.25) is 0 Å². The molecule has 6 heteroatoms. The summed E-state index contributed by atoms with van der Waals surface area (Å²) in [5.74, 6) is -1.44. The first-order valence-corrected chi connectivity index (χ1v) is 5.83. The third-order valence-electron chi connectivity index (χ3n) is 2.96. The number of hydrogen-bond acceptors (Lipinski definition) is 3. The van der Waals surface area contributed by atoms with Crippen molar-refractivity contribution in [3.8, 4) is 0 Å². The Morgan fingerprint density at radius 3 is 2.84 bits per heavy atom.